The lowest BCUT2D eigenvalue weighted by molar-refractivity contribution is -0.384. The van der Waals surface area contributed by atoms with Crippen LogP contribution in [0.15, 0.2) is 18.2 Å². The van der Waals surface area contributed by atoms with Crippen LogP contribution in [0.25, 0.3) is 0 Å². The van der Waals surface area contributed by atoms with Gasteiger partial charge in [0.05, 0.1) is 17.6 Å². The number of hydrogen-bond acceptors (Lipinski definition) is 5. The van der Waals surface area contributed by atoms with Crippen molar-refractivity contribution in [3.05, 3.63) is 28.3 Å². The Kier molecular flexibility index (Phi) is 3.38. The van der Waals surface area contributed by atoms with Gasteiger partial charge in [-0.2, -0.15) is 0 Å². The Morgan fingerprint density at radius 1 is 1.56 bits per heavy atom. The van der Waals surface area contributed by atoms with E-state index in [-0.39, 0.29) is 11.4 Å². The zero-order chi connectivity index (χ0) is 13.2. The summed E-state index contributed by atoms with van der Waals surface area (Å²) in [6.07, 6.45) is 2.47. The highest BCUT2D eigenvalue weighted by atomic mass is 16.6. The molecule has 1 aliphatic carbocycles. The van der Waals surface area contributed by atoms with E-state index in [1.54, 1.807) is 18.2 Å². The van der Waals surface area contributed by atoms with E-state index in [1.807, 2.05) is 0 Å². The molecule has 1 aliphatic rings. The van der Waals surface area contributed by atoms with Gasteiger partial charge in [-0.05, 0) is 31.4 Å². The highest BCUT2D eigenvalue weighted by Gasteiger charge is 2.34. The predicted octanol–water partition coefficient (Wildman–Crippen LogP) is 1.93. The van der Waals surface area contributed by atoms with Crippen LogP contribution >= 0.6 is 0 Å². The molecule has 0 unspecified atom stereocenters. The molecule has 0 radical (unpaired) electrons. The van der Waals surface area contributed by atoms with Crippen molar-refractivity contribution in [2.75, 3.05) is 19.0 Å². The minimum absolute atomic E-state index is 0.0945. The first-order valence-corrected chi connectivity index (χ1v) is 5.83. The lowest BCUT2D eigenvalue weighted by atomic mass is 9.80. The molecule has 0 saturated heterocycles. The van der Waals surface area contributed by atoms with Gasteiger partial charge >= 0.3 is 5.69 Å². The smallest absolute Gasteiger partial charge is 0.333 e. The third-order valence-corrected chi connectivity index (χ3v) is 3.29. The second kappa shape index (κ2) is 4.81. The maximum absolute atomic E-state index is 11.0. The van der Waals surface area contributed by atoms with E-state index >= 15 is 0 Å². The van der Waals surface area contributed by atoms with Crippen LogP contribution < -0.4 is 10.1 Å². The fourth-order valence-electron chi connectivity index (χ4n) is 2.04. The first-order chi connectivity index (χ1) is 8.56. The maximum atomic E-state index is 11.0. The van der Waals surface area contributed by atoms with Crippen LogP contribution in [0.2, 0.25) is 0 Å². The molecule has 0 atom stereocenters. The molecule has 1 aromatic rings. The number of anilines is 1. The molecule has 0 amide bonds. The number of hydrogen-bond donors (Lipinski definition) is 2. The van der Waals surface area contributed by atoms with E-state index in [0.29, 0.717) is 12.2 Å². The van der Waals surface area contributed by atoms with Crippen LogP contribution in [0.5, 0.6) is 5.75 Å². The summed E-state index contributed by atoms with van der Waals surface area (Å²) >= 11 is 0. The third-order valence-electron chi connectivity index (χ3n) is 3.29. The Morgan fingerprint density at radius 2 is 2.28 bits per heavy atom. The summed E-state index contributed by atoms with van der Waals surface area (Å²) in [5.41, 5.74) is -0.445. The van der Waals surface area contributed by atoms with Gasteiger partial charge in [-0.15, -0.1) is 0 Å². The van der Waals surface area contributed by atoms with Crippen LogP contribution in [-0.2, 0) is 0 Å². The number of para-hydroxylation sites is 1. The summed E-state index contributed by atoms with van der Waals surface area (Å²) in [7, 11) is 1.39. The second-order valence-electron chi connectivity index (χ2n) is 4.54. The first-order valence-electron chi connectivity index (χ1n) is 5.83. The first kappa shape index (κ1) is 12.6. The maximum Gasteiger partial charge on any atom is 0.333 e. The number of aliphatic hydroxyl groups is 1. The van der Waals surface area contributed by atoms with Gasteiger partial charge in [-0.3, -0.25) is 10.1 Å². The number of ether oxygens (including phenoxy) is 1. The van der Waals surface area contributed by atoms with Gasteiger partial charge in [-0.25, -0.2) is 0 Å². The molecule has 1 fully saturated rings. The van der Waals surface area contributed by atoms with Crippen molar-refractivity contribution in [3.63, 3.8) is 0 Å². The number of methoxy groups -OCH3 is 1. The van der Waals surface area contributed by atoms with E-state index in [0.717, 1.165) is 19.3 Å². The van der Waals surface area contributed by atoms with Crippen molar-refractivity contribution in [2.24, 2.45) is 0 Å². The van der Waals surface area contributed by atoms with Gasteiger partial charge < -0.3 is 15.2 Å². The molecule has 0 bridgehead atoms. The molecule has 0 heterocycles. The molecular formula is C12H16N2O4. The van der Waals surface area contributed by atoms with Crippen molar-refractivity contribution >= 4 is 11.4 Å². The Bertz CT molecular complexity index is 457. The molecule has 1 aromatic carbocycles. The highest BCUT2D eigenvalue weighted by Crippen LogP contribution is 2.36. The predicted molar refractivity (Wildman–Crippen MR) is 66.9 cm³/mol. The Morgan fingerprint density at radius 3 is 2.78 bits per heavy atom. The molecule has 98 valence electrons. The van der Waals surface area contributed by atoms with Crippen molar-refractivity contribution in [1.82, 2.24) is 0 Å². The van der Waals surface area contributed by atoms with Crippen molar-refractivity contribution in [2.45, 2.75) is 24.9 Å². The topological polar surface area (TPSA) is 84.6 Å². The van der Waals surface area contributed by atoms with Crippen LogP contribution in [0.4, 0.5) is 11.4 Å². The lowest BCUT2D eigenvalue weighted by Gasteiger charge is -2.36. The van der Waals surface area contributed by atoms with E-state index in [2.05, 4.69) is 5.32 Å². The average molecular weight is 252 g/mol. The van der Waals surface area contributed by atoms with E-state index in [1.165, 1.54) is 7.11 Å². The number of nitro benzene ring substituents is 1. The Labute approximate surface area is 105 Å². The molecule has 6 heteroatoms. The molecule has 1 saturated carbocycles. The van der Waals surface area contributed by atoms with Crippen molar-refractivity contribution in [1.29, 1.82) is 0 Å². The minimum Gasteiger partial charge on any atom is -0.490 e. The fourth-order valence-corrected chi connectivity index (χ4v) is 2.04. The fraction of sp³-hybridized carbons (Fsp3) is 0.500. The van der Waals surface area contributed by atoms with Crippen LogP contribution in [0, 0.1) is 10.1 Å². The lowest BCUT2D eigenvalue weighted by Crippen LogP contribution is -2.43. The van der Waals surface area contributed by atoms with Crippen molar-refractivity contribution < 1.29 is 14.8 Å². The van der Waals surface area contributed by atoms with Gasteiger partial charge in [0.1, 0.15) is 5.69 Å². The summed E-state index contributed by atoms with van der Waals surface area (Å²) in [4.78, 5) is 10.6. The molecule has 0 aromatic heterocycles. The summed E-state index contributed by atoms with van der Waals surface area (Å²) in [5, 5.41) is 23.9. The number of benzene rings is 1. The molecule has 2 N–H and O–H groups in total. The number of nitro groups is 1. The van der Waals surface area contributed by atoms with Crippen LogP contribution in [0.1, 0.15) is 19.3 Å². The summed E-state index contributed by atoms with van der Waals surface area (Å²) in [6, 6.07) is 4.84. The average Bonchev–Trinajstić information content (AvgIpc) is 2.33. The van der Waals surface area contributed by atoms with Crippen LogP contribution in [0.3, 0.4) is 0 Å². The number of nitrogens with one attached hydrogen (secondary N) is 1. The van der Waals surface area contributed by atoms with Gasteiger partial charge in [-0.1, -0.05) is 6.07 Å². The second-order valence-corrected chi connectivity index (χ2v) is 4.54. The highest BCUT2D eigenvalue weighted by molar-refractivity contribution is 5.68. The zero-order valence-corrected chi connectivity index (χ0v) is 10.2. The molecule has 0 spiro atoms. The number of nitrogens with zero attached hydrogens (tertiary/aromatic N) is 1. The standard InChI is InChI=1S/C12H16N2O4/c1-18-10-5-2-4-9(11(10)14(16)17)13-8-12(15)6-3-7-12/h2,4-5,13,15H,3,6-8H2,1H3. The van der Waals surface area contributed by atoms with Gasteiger partial charge in [0, 0.05) is 6.54 Å². The molecule has 18 heavy (non-hydrogen) atoms. The third kappa shape index (κ3) is 2.38. The largest absolute Gasteiger partial charge is 0.490 e. The molecule has 2 rings (SSSR count). The van der Waals surface area contributed by atoms with Crippen LogP contribution in [-0.4, -0.2) is 29.3 Å². The number of rotatable bonds is 5. The summed E-state index contributed by atoms with van der Waals surface area (Å²) in [6.45, 7) is 0.320. The van der Waals surface area contributed by atoms with E-state index in [9.17, 15) is 15.2 Å². The van der Waals surface area contributed by atoms with Crippen molar-refractivity contribution in [3.8, 4) is 5.75 Å². The Hall–Kier alpha value is -1.82. The van der Waals surface area contributed by atoms with Gasteiger partial charge in [0.2, 0.25) is 0 Å². The zero-order valence-electron chi connectivity index (χ0n) is 10.2. The minimum atomic E-state index is -0.725. The quantitative estimate of drug-likeness (QED) is 0.618. The molecule has 6 nitrogen and oxygen atoms in total. The van der Waals surface area contributed by atoms with Gasteiger partial charge in [0.15, 0.2) is 5.75 Å². The van der Waals surface area contributed by atoms with E-state index in [4.69, 9.17) is 4.74 Å². The summed E-state index contributed by atoms with van der Waals surface area (Å²) in [5.74, 6) is 0.214. The Balaban J connectivity index is 2.18. The monoisotopic (exact) mass is 252 g/mol. The SMILES string of the molecule is COc1cccc(NCC2(O)CCC2)c1[N+](=O)[O-]. The molecular weight excluding hydrogens is 236 g/mol. The van der Waals surface area contributed by atoms with E-state index < -0.39 is 10.5 Å². The molecule has 0 aliphatic heterocycles. The summed E-state index contributed by atoms with van der Waals surface area (Å²) < 4.78 is 4.98. The van der Waals surface area contributed by atoms with Gasteiger partial charge in [0.25, 0.3) is 0 Å². The normalized spacial score (nSPS) is 16.8.